The summed E-state index contributed by atoms with van der Waals surface area (Å²) in [5, 5.41) is 9.17. The number of amides is 1. The molecular formula is C21H38IN5O2. The number of alkyl carbamates (subject to hydrolysis) is 1. The number of ether oxygens (including phenoxy) is 1. The van der Waals surface area contributed by atoms with Gasteiger partial charge in [-0.05, 0) is 58.2 Å². The minimum Gasteiger partial charge on any atom is -0.444 e. The van der Waals surface area contributed by atoms with Crippen LogP contribution >= 0.6 is 24.0 Å². The molecule has 8 heteroatoms. The van der Waals surface area contributed by atoms with Crippen LogP contribution in [0.4, 0.5) is 10.5 Å². The lowest BCUT2D eigenvalue weighted by Gasteiger charge is -2.19. The maximum absolute atomic E-state index is 11.6. The van der Waals surface area contributed by atoms with Crippen LogP contribution in [0.1, 0.15) is 39.7 Å². The maximum atomic E-state index is 11.6. The molecule has 0 aliphatic carbocycles. The van der Waals surface area contributed by atoms with E-state index in [1.54, 1.807) is 0 Å². The second-order valence-electron chi connectivity index (χ2n) is 7.78. The molecule has 1 aromatic rings. The van der Waals surface area contributed by atoms with Gasteiger partial charge in [0, 0.05) is 46.0 Å². The lowest BCUT2D eigenvalue weighted by Crippen LogP contribution is -2.42. The van der Waals surface area contributed by atoms with Crippen molar-refractivity contribution in [3.05, 3.63) is 29.8 Å². The first-order valence-corrected chi connectivity index (χ1v) is 9.96. The third-order valence-corrected chi connectivity index (χ3v) is 3.78. The summed E-state index contributed by atoms with van der Waals surface area (Å²) in [6.45, 7) is 10.1. The minimum absolute atomic E-state index is 0. The number of aliphatic imine (C=N–C) groups is 1. The van der Waals surface area contributed by atoms with Gasteiger partial charge in [-0.2, -0.15) is 0 Å². The average molecular weight is 519 g/mol. The van der Waals surface area contributed by atoms with Crippen LogP contribution in [0.2, 0.25) is 0 Å². The van der Waals surface area contributed by atoms with Gasteiger partial charge in [0.15, 0.2) is 5.96 Å². The van der Waals surface area contributed by atoms with Gasteiger partial charge in [0.1, 0.15) is 5.60 Å². The van der Waals surface area contributed by atoms with E-state index in [1.807, 2.05) is 41.8 Å². The van der Waals surface area contributed by atoms with Gasteiger partial charge >= 0.3 is 6.09 Å². The second kappa shape index (κ2) is 14.3. The Morgan fingerprint density at radius 2 is 1.69 bits per heavy atom. The number of nitrogens with zero attached hydrogens (tertiary/aromatic N) is 2. The fraction of sp³-hybridized carbons (Fsp3) is 0.619. The number of carbonyl (C=O) groups excluding carboxylic acids is 1. The SMILES string of the molecule is CCNC(=NCCCc1ccc(N(C)C)cc1)NCCNC(=O)OC(C)(C)C.I. The molecule has 0 aliphatic rings. The molecule has 166 valence electrons. The van der Waals surface area contributed by atoms with Crippen molar-refractivity contribution in [1.29, 1.82) is 0 Å². The van der Waals surface area contributed by atoms with Gasteiger partial charge in [0.2, 0.25) is 0 Å². The molecule has 0 saturated heterocycles. The van der Waals surface area contributed by atoms with Crippen LogP contribution in [0.25, 0.3) is 0 Å². The van der Waals surface area contributed by atoms with Crippen LogP contribution in [0, 0.1) is 0 Å². The highest BCUT2D eigenvalue weighted by molar-refractivity contribution is 14.0. The molecule has 29 heavy (non-hydrogen) atoms. The van der Waals surface area contributed by atoms with E-state index in [9.17, 15) is 4.79 Å². The predicted octanol–water partition coefficient (Wildman–Crippen LogP) is 3.38. The summed E-state index contributed by atoms with van der Waals surface area (Å²) in [4.78, 5) is 18.3. The van der Waals surface area contributed by atoms with E-state index in [-0.39, 0.29) is 24.0 Å². The van der Waals surface area contributed by atoms with Crippen LogP contribution in [0.5, 0.6) is 0 Å². The van der Waals surface area contributed by atoms with E-state index in [1.165, 1.54) is 11.3 Å². The van der Waals surface area contributed by atoms with Crippen LogP contribution in [-0.4, -0.2) is 57.9 Å². The van der Waals surface area contributed by atoms with Gasteiger partial charge in [-0.3, -0.25) is 4.99 Å². The summed E-state index contributed by atoms with van der Waals surface area (Å²) < 4.78 is 5.21. The zero-order chi connectivity index (χ0) is 21.0. The number of anilines is 1. The molecule has 0 radical (unpaired) electrons. The van der Waals surface area contributed by atoms with Gasteiger partial charge in [0.05, 0.1) is 0 Å². The van der Waals surface area contributed by atoms with Crippen molar-refractivity contribution in [2.24, 2.45) is 4.99 Å². The fourth-order valence-corrected chi connectivity index (χ4v) is 2.44. The van der Waals surface area contributed by atoms with Gasteiger partial charge in [0.25, 0.3) is 0 Å². The Kier molecular flexibility index (Phi) is 13.5. The summed E-state index contributed by atoms with van der Waals surface area (Å²) in [5.41, 5.74) is 2.04. The normalized spacial score (nSPS) is 11.3. The first-order chi connectivity index (χ1) is 13.2. The standard InChI is InChI=1S/C21H37N5O2.HI/c1-7-22-19(24-15-16-25-20(27)28-21(2,3)4)23-14-8-9-17-10-12-18(13-11-17)26(5)6;/h10-13H,7-9,14-16H2,1-6H3,(H,25,27)(H2,22,23,24);1H. The largest absolute Gasteiger partial charge is 0.444 e. The number of carbonyl (C=O) groups is 1. The molecule has 7 nitrogen and oxygen atoms in total. The highest BCUT2D eigenvalue weighted by Gasteiger charge is 2.15. The first kappa shape index (κ1) is 27.3. The second-order valence-corrected chi connectivity index (χ2v) is 7.78. The van der Waals surface area contributed by atoms with Gasteiger partial charge < -0.3 is 25.6 Å². The number of hydrogen-bond donors (Lipinski definition) is 3. The number of rotatable bonds is 9. The van der Waals surface area contributed by atoms with Crippen LogP contribution in [-0.2, 0) is 11.2 Å². The Morgan fingerprint density at radius 3 is 2.24 bits per heavy atom. The van der Waals surface area contributed by atoms with E-state index in [0.29, 0.717) is 13.1 Å². The van der Waals surface area contributed by atoms with Crippen LogP contribution < -0.4 is 20.9 Å². The van der Waals surface area contributed by atoms with E-state index in [0.717, 1.165) is 31.9 Å². The molecule has 0 aromatic heterocycles. The highest BCUT2D eigenvalue weighted by atomic mass is 127. The van der Waals surface area contributed by atoms with Gasteiger partial charge in [-0.25, -0.2) is 4.79 Å². The number of halogens is 1. The zero-order valence-electron chi connectivity index (χ0n) is 18.7. The Bertz CT molecular complexity index is 612. The topological polar surface area (TPSA) is 78.0 Å². The smallest absolute Gasteiger partial charge is 0.407 e. The number of guanidine groups is 1. The molecule has 0 bridgehead atoms. The Labute approximate surface area is 193 Å². The molecule has 0 spiro atoms. The third-order valence-electron chi connectivity index (χ3n) is 3.78. The molecule has 1 aromatic carbocycles. The summed E-state index contributed by atoms with van der Waals surface area (Å²) in [5.74, 6) is 0.761. The van der Waals surface area contributed by atoms with Gasteiger partial charge in [-0.1, -0.05) is 12.1 Å². The van der Waals surface area contributed by atoms with Crippen molar-refractivity contribution in [3.63, 3.8) is 0 Å². The van der Waals surface area contributed by atoms with Crippen molar-refractivity contribution in [1.82, 2.24) is 16.0 Å². The molecule has 0 saturated carbocycles. The number of benzene rings is 1. The van der Waals surface area contributed by atoms with Crippen molar-refractivity contribution >= 4 is 41.7 Å². The molecule has 0 heterocycles. The molecule has 0 unspecified atom stereocenters. The lowest BCUT2D eigenvalue weighted by atomic mass is 10.1. The first-order valence-electron chi connectivity index (χ1n) is 9.96. The summed E-state index contributed by atoms with van der Waals surface area (Å²) in [7, 11) is 4.09. The molecule has 1 rings (SSSR count). The lowest BCUT2D eigenvalue weighted by molar-refractivity contribution is 0.0529. The van der Waals surface area contributed by atoms with Crippen LogP contribution in [0.3, 0.4) is 0 Å². The fourth-order valence-electron chi connectivity index (χ4n) is 2.44. The van der Waals surface area contributed by atoms with Crippen molar-refractivity contribution < 1.29 is 9.53 Å². The molecule has 1 amide bonds. The third kappa shape index (κ3) is 13.2. The predicted molar refractivity (Wildman–Crippen MR) is 133 cm³/mol. The average Bonchev–Trinajstić information content (AvgIpc) is 2.61. The maximum Gasteiger partial charge on any atom is 0.407 e. The molecule has 3 N–H and O–H groups in total. The van der Waals surface area contributed by atoms with Crippen molar-refractivity contribution in [3.8, 4) is 0 Å². The van der Waals surface area contributed by atoms with E-state index < -0.39 is 11.7 Å². The molecule has 0 aliphatic heterocycles. The minimum atomic E-state index is -0.485. The monoisotopic (exact) mass is 519 g/mol. The van der Waals surface area contributed by atoms with Gasteiger partial charge in [-0.15, -0.1) is 24.0 Å². The molecule has 0 fully saturated rings. The Balaban J connectivity index is 0.00000784. The number of nitrogens with one attached hydrogen (secondary N) is 3. The highest BCUT2D eigenvalue weighted by Crippen LogP contribution is 2.13. The van der Waals surface area contributed by atoms with Crippen molar-refractivity contribution in [2.75, 3.05) is 45.2 Å². The number of hydrogen-bond acceptors (Lipinski definition) is 4. The molecular weight excluding hydrogens is 481 g/mol. The number of aryl methyl sites for hydroxylation is 1. The van der Waals surface area contributed by atoms with Crippen LogP contribution in [0.15, 0.2) is 29.3 Å². The van der Waals surface area contributed by atoms with Crippen molar-refractivity contribution in [2.45, 2.75) is 46.1 Å². The Morgan fingerprint density at radius 1 is 1.07 bits per heavy atom. The van der Waals surface area contributed by atoms with E-state index in [4.69, 9.17) is 4.74 Å². The Hall–Kier alpha value is -1.71. The van der Waals surface area contributed by atoms with E-state index >= 15 is 0 Å². The quantitative estimate of drug-likeness (QED) is 0.202. The molecule has 0 atom stereocenters. The summed E-state index contributed by atoms with van der Waals surface area (Å²) in [6.07, 6.45) is 1.57. The van der Waals surface area contributed by atoms with E-state index in [2.05, 4.69) is 50.1 Å². The zero-order valence-corrected chi connectivity index (χ0v) is 21.0. The summed E-state index contributed by atoms with van der Waals surface area (Å²) >= 11 is 0. The summed E-state index contributed by atoms with van der Waals surface area (Å²) in [6, 6.07) is 8.62.